The number of anilines is 2. The Bertz CT molecular complexity index is 1080. The van der Waals surface area contributed by atoms with Gasteiger partial charge in [-0.05, 0) is 49.7 Å². The van der Waals surface area contributed by atoms with Gasteiger partial charge in [-0.3, -0.25) is 9.59 Å². The van der Waals surface area contributed by atoms with Crippen LogP contribution >= 0.6 is 11.8 Å². The lowest BCUT2D eigenvalue weighted by Gasteiger charge is -2.16. The highest BCUT2D eigenvalue weighted by Gasteiger charge is 2.27. The van der Waals surface area contributed by atoms with E-state index in [1.54, 1.807) is 18.2 Å². The summed E-state index contributed by atoms with van der Waals surface area (Å²) in [4.78, 5) is 25.2. The van der Waals surface area contributed by atoms with E-state index in [-0.39, 0.29) is 17.2 Å². The van der Waals surface area contributed by atoms with Crippen molar-refractivity contribution in [3.8, 4) is 5.75 Å². The van der Waals surface area contributed by atoms with E-state index in [1.807, 2.05) is 13.0 Å². The smallest absolute Gasteiger partial charge is 0.225 e. The number of amides is 2. The van der Waals surface area contributed by atoms with Crippen LogP contribution in [0.15, 0.2) is 46.2 Å². The van der Waals surface area contributed by atoms with Gasteiger partial charge in [-0.1, -0.05) is 6.07 Å². The van der Waals surface area contributed by atoms with Crippen molar-refractivity contribution in [2.75, 3.05) is 23.5 Å². The Balaban J connectivity index is 1.76. The summed E-state index contributed by atoms with van der Waals surface area (Å²) in [5, 5.41) is 4.54. The lowest BCUT2D eigenvalue weighted by molar-refractivity contribution is -0.116. The molecule has 30 heavy (non-hydrogen) atoms. The average molecular weight is 449 g/mol. The number of ether oxygens (including phenoxy) is 1. The van der Waals surface area contributed by atoms with Crippen molar-refractivity contribution >= 4 is 44.8 Å². The Labute approximate surface area is 180 Å². The van der Waals surface area contributed by atoms with E-state index >= 15 is 0 Å². The molecule has 1 aliphatic heterocycles. The maximum Gasteiger partial charge on any atom is 0.225 e. The minimum Gasteiger partial charge on any atom is -0.495 e. The van der Waals surface area contributed by atoms with Crippen LogP contribution in [0.5, 0.6) is 5.75 Å². The van der Waals surface area contributed by atoms with Gasteiger partial charge >= 0.3 is 0 Å². The topological polar surface area (TPSA) is 102 Å². The summed E-state index contributed by atoms with van der Waals surface area (Å²) in [7, 11) is -2.26. The van der Waals surface area contributed by atoms with Crippen molar-refractivity contribution in [3.05, 3.63) is 42.0 Å². The van der Waals surface area contributed by atoms with Crippen LogP contribution in [-0.2, 0) is 19.4 Å². The van der Waals surface area contributed by atoms with Crippen LogP contribution in [0.3, 0.4) is 0 Å². The molecular weight excluding hydrogens is 424 g/mol. The van der Waals surface area contributed by atoms with Gasteiger partial charge in [0.15, 0.2) is 9.84 Å². The Morgan fingerprint density at radius 3 is 2.77 bits per heavy atom. The molecule has 0 fully saturated rings. The summed E-state index contributed by atoms with van der Waals surface area (Å²) in [5.74, 6) is 0.580. The van der Waals surface area contributed by atoms with Gasteiger partial charge in [0.05, 0.1) is 28.6 Å². The van der Waals surface area contributed by atoms with Crippen LogP contribution in [-0.4, -0.2) is 38.3 Å². The molecule has 0 unspecified atom stereocenters. The molecule has 3 rings (SSSR count). The third-order valence-electron chi connectivity index (χ3n) is 4.77. The molecule has 9 heteroatoms. The minimum atomic E-state index is -3.77. The second-order valence-corrected chi connectivity index (χ2v) is 10.6. The molecule has 2 N–H and O–H groups in total. The maximum absolute atomic E-state index is 13.0. The largest absolute Gasteiger partial charge is 0.495 e. The lowest BCUT2D eigenvalue weighted by Crippen LogP contribution is -2.25. The summed E-state index contributed by atoms with van der Waals surface area (Å²) in [6.07, 6.45) is 0.165. The van der Waals surface area contributed by atoms with E-state index in [1.165, 1.54) is 37.9 Å². The minimum absolute atomic E-state index is 0.0810. The van der Waals surface area contributed by atoms with E-state index in [2.05, 4.69) is 10.6 Å². The number of rotatable bonds is 6. The SMILES string of the molecule is COc1ccc(C)cc1NC(=O)C[C@@H](C)S(=O)(=O)c1ccc2c(c1)NC(=O)CCS2. The molecule has 1 heterocycles. The first kappa shape index (κ1) is 22.2. The monoisotopic (exact) mass is 448 g/mol. The fraction of sp³-hybridized carbons (Fsp3) is 0.333. The maximum atomic E-state index is 13.0. The van der Waals surface area contributed by atoms with Gasteiger partial charge in [0.1, 0.15) is 5.75 Å². The van der Waals surface area contributed by atoms with Crippen molar-refractivity contribution in [1.82, 2.24) is 0 Å². The number of fused-ring (bicyclic) bond motifs is 1. The second-order valence-electron chi connectivity index (χ2n) is 7.12. The number of methoxy groups -OCH3 is 1. The molecule has 0 saturated heterocycles. The highest BCUT2D eigenvalue weighted by atomic mass is 32.2. The van der Waals surface area contributed by atoms with Crippen LogP contribution in [0.25, 0.3) is 0 Å². The molecule has 0 aromatic heterocycles. The standard InChI is InChI=1S/C21H24N2O5S2/c1-13-4-6-18(28-3)16(10-13)22-21(25)11-14(2)30(26,27)15-5-7-19-17(12-15)23-20(24)8-9-29-19/h4-7,10,12,14H,8-9,11H2,1-3H3,(H,22,25)(H,23,24)/t14-/m1/s1. The number of carbonyl (C=O) groups is 2. The Morgan fingerprint density at radius 1 is 1.27 bits per heavy atom. The van der Waals surface area contributed by atoms with Crippen LogP contribution in [0.4, 0.5) is 11.4 Å². The van der Waals surface area contributed by atoms with Gasteiger partial charge in [0.2, 0.25) is 11.8 Å². The van der Waals surface area contributed by atoms with Crippen molar-refractivity contribution < 1.29 is 22.7 Å². The normalized spacial score (nSPS) is 14.8. The van der Waals surface area contributed by atoms with E-state index in [9.17, 15) is 18.0 Å². The third-order valence-corrected chi connectivity index (χ3v) is 7.98. The molecule has 7 nitrogen and oxygen atoms in total. The zero-order valence-electron chi connectivity index (χ0n) is 17.0. The van der Waals surface area contributed by atoms with Crippen LogP contribution < -0.4 is 15.4 Å². The molecule has 1 aliphatic rings. The van der Waals surface area contributed by atoms with Crippen molar-refractivity contribution in [2.24, 2.45) is 0 Å². The molecule has 2 aromatic carbocycles. The van der Waals surface area contributed by atoms with Crippen molar-refractivity contribution in [2.45, 2.75) is 41.7 Å². The number of hydrogen-bond acceptors (Lipinski definition) is 6. The van der Waals surface area contributed by atoms with E-state index in [0.717, 1.165) is 10.5 Å². The molecule has 1 atom stereocenters. The summed E-state index contributed by atoms with van der Waals surface area (Å²) in [6.45, 7) is 3.39. The van der Waals surface area contributed by atoms with E-state index in [0.29, 0.717) is 29.3 Å². The summed E-state index contributed by atoms with van der Waals surface area (Å²) in [5.41, 5.74) is 1.93. The lowest BCUT2D eigenvalue weighted by atomic mass is 10.2. The first-order valence-electron chi connectivity index (χ1n) is 9.46. The third kappa shape index (κ3) is 4.96. The Kier molecular flexibility index (Phi) is 6.72. The van der Waals surface area contributed by atoms with Gasteiger partial charge in [-0.2, -0.15) is 0 Å². The van der Waals surface area contributed by atoms with Gasteiger partial charge in [0, 0.05) is 23.5 Å². The molecule has 0 spiro atoms. The number of sulfone groups is 1. The molecule has 0 aliphatic carbocycles. The highest BCUT2D eigenvalue weighted by Crippen LogP contribution is 2.34. The predicted molar refractivity (Wildman–Crippen MR) is 118 cm³/mol. The summed E-state index contributed by atoms with van der Waals surface area (Å²) < 4.78 is 31.3. The van der Waals surface area contributed by atoms with Crippen molar-refractivity contribution in [3.63, 3.8) is 0 Å². The fourth-order valence-electron chi connectivity index (χ4n) is 3.10. The second kappa shape index (κ2) is 9.09. The van der Waals surface area contributed by atoms with Crippen LogP contribution in [0.2, 0.25) is 0 Å². The van der Waals surface area contributed by atoms with Crippen molar-refractivity contribution in [1.29, 1.82) is 0 Å². The van der Waals surface area contributed by atoms with Gasteiger partial charge < -0.3 is 15.4 Å². The Morgan fingerprint density at radius 2 is 2.03 bits per heavy atom. The number of carbonyl (C=O) groups excluding carboxylic acids is 2. The van der Waals surface area contributed by atoms with Gasteiger partial charge in [-0.15, -0.1) is 11.8 Å². The van der Waals surface area contributed by atoms with Crippen LogP contribution in [0.1, 0.15) is 25.3 Å². The Hall–Kier alpha value is -2.52. The van der Waals surface area contributed by atoms with Gasteiger partial charge in [-0.25, -0.2) is 8.42 Å². The fourth-order valence-corrected chi connectivity index (χ4v) is 5.41. The number of benzene rings is 2. The highest BCUT2D eigenvalue weighted by molar-refractivity contribution is 7.99. The molecule has 0 saturated carbocycles. The zero-order valence-corrected chi connectivity index (χ0v) is 18.7. The first-order chi connectivity index (χ1) is 14.2. The summed E-state index contributed by atoms with van der Waals surface area (Å²) >= 11 is 1.50. The number of aryl methyl sites for hydroxylation is 1. The molecule has 0 bridgehead atoms. The predicted octanol–water partition coefficient (Wildman–Crippen LogP) is 3.63. The number of nitrogens with one attached hydrogen (secondary N) is 2. The van der Waals surface area contributed by atoms with Crippen LogP contribution in [0, 0.1) is 6.92 Å². The number of thioether (sulfide) groups is 1. The summed E-state index contributed by atoms with van der Waals surface area (Å²) in [6, 6.07) is 10.1. The average Bonchev–Trinajstić information content (AvgIpc) is 2.87. The zero-order chi connectivity index (χ0) is 21.9. The quantitative estimate of drug-likeness (QED) is 0.700. The molecule has 0 radical (unpaired) electrons. The van der Waals surface area contributed by atoms with E-state index < -0.39 is 21.0 Å². The first-order valence-corrected chi connectivity index (χ1v) is 12.0. The van der Waals surface area contributed by atoms with Gasteiger partial charge in [0.25, 0.3) is 0 Å². The molecule has 2 aromatic rings. The molecule has 160 valence electrons. The molecule has 2 amide bonds. The van der Waals surface area contributed by atoms with E-state index in [4.69, 9.17) is 4.74 Å². The number of hydrogen-bond donors (Lipinski definition) is 2. The molecular formula is C21H24N2O5S2.